The lowest BCUT2D eigenvalue weighted by molar-refractivity contribution is -0.116. The van der Waals surface area contributed by atoms with Gasteiger partial charge in [0.1, 0.15) is 0 Å². The molecule has 0 fully saturated rings. The molecule has 0 bridgehead atoms. The van der Waals surface area contributed by atoms with Crippen molar-refractivity contribution < 1.29 is 14.3 Å². The van der Waals surface area contributed by atoms with Gasteiger partial charge in [0.2, 0.25) is 5.91 Å². The molecule has 0 aliphatic heterocycles. The fourth-order valence-electron chi connectivity index (χ4n) is 2.54. The Morgan fingerprint density at radius 2 is 1.73 bits per heavy atom. The molecule has 0 radical (unpaired) electrons. The summed E-state index contributed by atoms with van der Waals surface area (Å²) in [5.74, 6) is -0.305. The van der Waals surface area contributed by atoms with Gasteiger partial charge in [-0.3, -0.25) is 9.59 Å². The number of amides is 2. The van der Waals surface area contributed by atoms with E-state index in [9.17, 15) is 9.59 Å². The van der Waals surface area contributed by atoms with Gasteiger partial charge in [0.05, 0.1) is 11.3 Å². The van der Waals surface area contributed by atoms with Gasteiger partial charge in [0.25, 0.3) is 5.91 Å². The molecule has 0 atom stereocenters. The summed E-state index contributed by atoms with van der Waals surface area (Å²) in [5.41, 5.74) is 2.17. The van der Waals surface area contributed by atoms with Crippen LogP contribution in [0.2, 0.25) is 0 Å². The van der Waals surface area contributed by atoms with Gasteiger partial charge >= 0.3 is 0 Å². The van der Waals surface area contributed by atoms with Crippen molar-refractivity contribution in [2.24, 2.45) is 0 Å². The van der Waals surface area contributed by atoms with E-state index in [1.807, 2.05) is 37.3 Å². The average molecular weight is 354 g/mol. The second kappa shape index (κ2) is 11.1. The number of hydrogen-bond acceptors (Lipinski definition) is 3. The van der Waals surface area contributed by atoms with E-state index < -0.39 is 0 Å². The number of carbonyl (C=O) groups excluding carboxylic acids is 2. The molecule has 2 N–H and O–H groups in total. The average Bonchev–Trinajstić information content (AvgIpc) is 2.66. The van der Waals surface area contributed by atoms with Crippen LogP contribution in [0.25, 0.3) is 0 Å². The van der Waals surface area contributed by atoms with E-state index in [-0.39, 0.29) is 11.8 Å². The minimum absolute atomic E-state index is 0.116. The highest BCUT2D eigenvalue weighted by atomic mass is 16.5. The van der Waals surface area contributed by atoms with Crippen molar-refractivity contribution in [2.45, 2.75) is 26.2 Å². The Hall–Kier alpha value is -2.66. The summed E-state index contributed by atoms with van der Waals surface area (Å²) in [6, 6.07) is 17.0. The highest BCUT2D eigenvalue weighted by Gasteiger charge is 2.12. The molecule has 0 aromatic heterocycles. The largest absolute Gasteiger partial charge is 0.382 e. The van der Waals surface area contributed by atoms with Gasteiger partial charge in [-0.1, -0.05) is 42.5 Å². The molecule has 2 amide bonds. The fraction of sp³-hybridized carbons (Fsp3) is 0.333. The van der Waals surface area contributed by atoms with Crippen molar-refractivity contribution in [1.82, 2.24) is 5.32 Å². The predicted octanol–water partition coefficient (Wildman–Crippen LogP) is 3.41. The fourth-order valence-corrected chi connectivity index (χ4v) is 2.54. The minimum atomic E-state index is -0.189. The van der Waals surface area contributed by atoms with Gasteiger partial charge in [0, 0.05) is 26.2 Å². The maximum Gasteiger partial charge on any atom is 0.253 e. The van der Waals surface area contributed by atoms with Crippen molar-refractivity contribution in [3.05, 3.63) is 65.7 Å². The first-order valence-corrected chi connectivity index (χ1v) is 8.99. The van der Waals surface area contributed by atoms with Gasteiger partial charge in [-0.25, -0.2) is 0 Å². The summed E-state index contributed by atoms with van der Waals surface area (Å²) < 4.78 is 5.23. The number of nitrogens with one attached hydrogen (secondary N) is 2. The van der Waals surface area contributed by atoms with Crippen molar-refractivity contribution in [3.63, 3.8) is 0 Å². The zero-order chi connectivity index (χ0) is 18.6. The molecule has 0 aliphatic rings. The van der Waals surface area contributed by atoms with Crippen LogP contribution in [0.5, 0.6) is 0 Å². The molecular formula is C21H26N2O3. The third-order valence-corrected chi connectivity index (χ3v) is 3.88. The zero-order valence-electron chi connectivity index (χ0n) is 15.2. The third-order valence-electron chi connectivity index (χ3n) is 3.88. The number of carbonyl (C=O) groups is 2. The Bertz CT molecular complexity index is 701. The molecule has 2 aromatic rings. The maximum atomic E-state index is 12.5. The van der Waals surface area contributed by atoms with Crippen LogP contribution in [0.1, 0.15) is 35.7 Å². The van der Waals surface area contributed by atoms with E-state index in [0.717, 1.165) is 6.42 Å². The molecule has 0 heterocycles. The first-order valence-electron chi connectivity index (χ1n) is 8.99. The summed E-state index contributed by atoms with van der Waals surface area (Å²) >= 11 is 0. The molecule has 26 heavy (non-hydrogen) atoms. The monoisotopic (exact) mass is 354 g/mol. The zero-order valence-corrected chi connectivity index (χ0v) is 15.2. The van der Waals surface area contributed by atoms with Crippen LogP contribution in [0.4, 0.5) is 5.69 Å². The van der Waals surface area contributed by atoms with Crippen LogP contribution in [0.15, 0.2) is 54.6 Å². The molecule has 5 heteroatoms. The summed E-state index contributed by atoms with van der Waals surface area (Å²) in [6.45, 7) is 3.67. The second-order valence-electron chi connectivity index (χ2n) is 5.89. The molecule has 2 aromatic carbocycles. The Labute approximate surface area is 154 Å². The topological polar surface area (TPSA) is 67.4 Å². The maximum absolute atomic E-state index is 12.5. The SMILES string of the molecule is CCOCCCC(=O)Nc1ccccc1C(=O)NCCc1ccccc1. The predicted molar refractivity (Wildman–Crippen MR) is 103 cm³/mol. The van der Waals surface area contributed by atoms with E-state index >= 15 is 0 Å². The normalized spacial score (nSPS) is 10.3. The van der Waals surface area contributed by atoms with Gasteiger partial charge in [0.15, 0.2) is 0 Å². The number of anilines is 1. The third kappa shape index (κ3) is 6.69. The summed E-state index contributed by atoms with van der Waals surface area (Å²) in [6.07, 6.45) is 1.79. The highest BCUT2D eigenvalue weighted by molar-refractivity contribution is 6.03. The quantitative estimate of drug-likeness (QED) is 0.643. The van der Waals surface area contributed by atoms with E-state index in [2.05, 4.69) is 10.6 Å². The minimum Gasteiger partial charge on any atom is -0.382 e. The first kappa shape index (κ1) is 19.7. The molecule has 0 unspecified atom stereocenters. The van der Waals surface area contributed by atoms with Crippen LogP contribution >= 0.6 is 0 Å². The first-order chi connectivity index (χ1) is 12.7. The molecule has 138 valence electrons. The van der Waals surface area contributed by atoms with Crippen LogP contribution in [0, 0.1) is 0 Å². The lowest BCUT2D eigenvalue weighted by Crippen LogP contribution is -2.27. The smallest absolute Gasteiger partial charge is 0.253 e. The van der Waals surface area contributed by atoms with Crippen LogP contribution in [0.3, 0.4) is 0 Å². The van der Waals surface area contributed by atoms with Gasteiger partial charge < -0.3 is 15.4 Å². The number of hydrogen-bond donors (Lipinski definition) is 2. The summed E-state index contributed by atoms with van der Waals surface area (Å²) in [7, 11) is 0. The number of rotatable bonds is 10. The highest BCUT2D eigenvalue weighted by Crippen LogP contribution is 2.15. The lowest BCUT2D eigenvalue weighted by atomic mass is 10.1. The standard InChI is InChI=1S/C21H26N2O3/c1-2-26-16-8-13-20(24)23-19-12-7-6-11-18(19)21(25)22-15-14-17-9-4-3-5-10-17/h3-7,9-12H,2,8,13-16H2,1H3,(H,22,25)(H,23,24). The molecule has 0 aliphatic carbocycles. The molecule has 2 rings (SSSR count). The molecule has 0 spiro atoms. The van der Waals surface area contributed by atoms with Crippen molar-refractivity contribution in [1.29, 1.82) is 0 Å². The Morgan fingerprint density at radius 3 is 2.50 bits per heavy atom. The van der Waals surface area contributed by atoms with E-state index in [1.54, 1.807) is 24.3 Å². The lowest BCUT2D eigenvalue weighted by Gasteiger charge is -2.11. The Kier molecular flexibility index (Phi) is 8.36. The van der Waals surface area contributed by atoms with E-state index in [4.69, 9.17) is 4.74 Å². The van der Waals surface area contributed by atoms with Gasteiger partial charge in [-0.05, 0) is 37.5 Å². The van der Waals surface area contributed by atoms with E-state index in [0.29, 0.717) is 43.9 Å². The van der Waals surface area contributed by atoms with Crippen molar-refractivity contribution in [3.8, 4) is 0 Å². The Balaban J connectivity index is 1.86. The van der Waals surface area contributed by atoms with Crippen molar-refractivity contribution >= 4 is 17.5 Å². The second-order valence-corrected chi connectivity index (χ2v) is 5.89. The molecular weight excluding hydrogens is 328 g/mol. The van der Waals surface area contributed by atoms with Crippen molar-refractivity contribution in [2.75, 3.05) is 25.1 Å². The van der Waals surface area contributed by atoms with E-state index in [1.165, 1.54) is 5.56 Å². The number of benzene rings is 2. The van der Waals surface area contributed by atoms with Crippen LogP contribution in [-0.4, -0.2) is 31.6 Å². The summed E-state index contributed by atoms with van der Waals surface area (Å²) in [4.78, 5) is 24.5. The van der Waals surface area contributed by atoms with Gasteiger partial charge in [-0.15, -0.1) is 0 Å². The number of ether oxygens (including phenoxy) is 1. The molecule has 0 saturated heterocycles. The van der Waals surface area contributed by atoms with Gasteiger partial charge in [-0.2, -0.15) is 0 Å². The summed E-state index contributed by atoms with van der Waals surface area (Å²) in [5, 5.41) is 5.73. The van der Waals surface area contributed by atoms with Crippen LogP contribution in [-0.2, 0) is 16.0 Å². The number of para-hydroxylation sites is 1. The molecule has 5 nitrogen and oxygen atoms in total. The Morgan fingerprint density at radius 1 is 1.00 bits per heavy atom. The van der Waals surface area contributed by atoms with Crippen LogP contribution < -0.4 is 10.6 Å². The molecule has 0 saturated carbocycles.